The maximum atomic E-state index is 10.6. The van der Waals surface area contributed by atoms with E-state index >= 15 is 0 Å². The van der Waals surface area contributed by atoms with E-state index in [0.29, 0.717) is 30.3 Å². The molecule has 2 fully saturated rings. The molecule has 8 heteroatoms. The smallest absolute Gasteiger partial charge is 0.220 e. The number of aromatic hydroxyl groups is 1. The summed E-state index contributed by atoms with van der Waals surface area (Å²) in [6.45, 7) is 8.49. The van der Waals surface area contributed by atoms with Crippen molar-refractivity contribution in [2.45, 2.75) is 57.7 Å². The summed E-state index contributed by atoms with van der Waals surface area (Å²) in [4.78, 5) is 13.4. The first kappa shape index (κ1) is 23.7. The van der Waals surface area contributed by atoms with Gasteiger partial charge in [-0.05, 0) is 69.0 Å². The van der Waals surface area contributed by atoms with Crippen molar-refractivity contribution in [1.82, 2.24) is 14.9 Å². The summed E-state index contributed by atoms with van der Waals surface area (Å²) in [6.07, 6.45) is 2.97. The van der Waals surface area contributed by atoms with E-state index in [9.17, 15) is 15.3 Å². The highest BCUT2D eigenvalue weighted by Gasteiger charge is 2.30. The molecule has 5 N–H and O–H groups in total. The third-order valence-corrected chi connectivity index (χ3v) is 7.32. The highest BCUT2D eigenvalue weighted by atomic mass is 16.3. The Labute approximate surface area is 196 Å². The molecular formula is C25H37N5O3. The van der Waals surface area contributed by atoms with Crippen LogP contribution in [0.4, 0.5) is 11.6 Å². The summed E-state index contributed by atoms with van der Waals surface area (Å²) in [5.41, 5.74) is 9.02. The van der Waals surface area contributed by atoms with E-state index in [4.69, 9.17) is 5.73 Å². The number of aliphatic hydroxyl groups is 2. The van der Waals surface area contributed by atoms with E-state index in [0.717, 1.165) is 49.8 Å². The van der Waals surface area contributed by atoms with Gasteiger partial charge in [0.1, 0.15) is 5.75 Å². The molecule has 0 spiro atoms. The fraction of sp³-hybridized carbons (Fsp3) is 0.600. The second kappa shape index (κ2) is 10.2. The van der Waals surface area contributed by atoms with Crippen molar-refractivity contribution in [3.05, 3.63) is 30.0 Å². The van der Waals surface area contributed by atoms with Crippen molar-refractivity contribution in [3.8, 4) is 17.0 Å². The lowest BCUT2D eigenvalue weighted by Gasteiger charge is -2.31. The van der Waals surface area contributed by atoms with Gasteiger partial charge < -0.3 is 30.9 Å². The van der Waals surface area contributed by atoms with Gasteiger partial charge in [0.15, 0.2) is 0 Å². The summed E-state index contributed by atoms with van der Waals surface area (Å²) in [5.74, 6) is 1.40. The lowest BCUT2D eigenvalue weighted by molar-refractivity contribution is 0.0572. The molecule has 0 amide bonds. The van der Waals surface area contributed by atoms with Crippen molar-refractivity contribution in [3.63, 3.8) is 0 Å². The van der Waals surface area contributed by atoms with Crippen molar-refractivity contribution >= 4 is 11.6 Å². The molecule has 4 rings (SSSR count). The molecule has 1 aromatic carbocycles. The molecule has 0 unspecified atom stereocenters. The van der Waals surface area contributed by atoms with Crippen molar-refractivity contribution < 1.29 is 15.3 Å². The number of anilines is 2. The van der Waals surface area contributed by atoms with Gasteiger partial charge in [-0.15, -0.1) is 0 Å². The van der Waals surface area contributed by atoms with Crippen LogP contribution >= 0.6 is 0 Å². The van der Waals surface area contributed by atoms with Crippen LogP contribution in [0, 0.1) is 5.92 Å². The SMILES string of the molecule is CCN(CC)CC1CCC(c2cc(-c3cc(N4C[C@H](O)[C@@H](O)C4)ccc3O)nc(N)n2)CC1. The zero-order chi connectivity index (χ0) is 23.5. The quantitative estimate of drug-likeness (QED) is 0.503. The number of hydrogen-bond donors (Lipinski definition) is 4. The van der Waals surface area contributed by atoms with E-state index < -0.39 is 12.2 Å². The number of nitrogens with two attached hydrogens (primary N) is 1. The molecular weight excluding hydrogens is 418 g/mol. The fourth-order valence-corrected chi connectivity index (χ4v) is 5.23. The second-order valence-corrected chi connectivity index (χ2v) is 9.48. The van der Waals surface area contributed by atoms with Gasteiger partial charge in [0, 0.05) is 42.5 Å². The average Bonchev–Trinajstić information content (AvgIpc) is 3.15. The van der Waals surface area contributed by atoms with Crippen LogP contribution in [0.15, 0.2) is 24.3 Å². The molecule has 8 nitrogen and oxygen atoms in total. The Hall–Kier alpha value is -2.42. The summed E-state index contributed by atoms with van der Waals surface area (Å²) >= 11 is 0. The Morgan fingerprint density at radius 1 is 1.00 bits per heavy atom. The molecule has 2 aliphatic rings. The first-order valence-corrected chi connectivity index (χ1v) is 12.2. The molecule has 1 aromatic heterocycles. The molecule has 2 heterocycles. The molecule has 0 bridgehead atoms. The molecule has 1 saturated heterocycles. The van der Waals surface area contributed by atoms with E-state index in [1.165, 1.54) is 12.8 Å². The van der Waals surface area contributed by atoms with Crippen LogP contribution in [0.3, 0.4) is 0 Å². The molecule has 1 aliphatic heterocycles. The zero-order valence-corrected chi connectivity index (χ0v) is 19.7. The summed E-state index contributed by atoms with van der Waals surface area (Å²) in [6, 6.07) is 7.20. The largest absolute Gasteiger partial charge is 0.507 e. The zero-order valence-electron chi connectivity index (χ0n) is 19.7. The summed E-state index contributed by atoms with van der Waals surface area (Å²) < 4.78 is 0. The number of nitrogen functional groups attached to an aromatic ring is 1. The molecule has 1 aliphatic carbocycles. The number of aromatic nitrogens is 2. The predicted molar refractivity (Wildman–Crippen MR) is 130 cm³/mol. The number of β-amino-alcohol motifs (C(OH)–C–C–N with tert-alkyl or cyclic N) is 2. The van der Waals surface area contributed by atoms with Gasteiger partial charge in [0.25, 0.3) is 0 Å². The first-order chi connectivity index (χ1) is 15.9. The minimum Gasteiger partial charge on any atom is -0.507 e. The van der Waals surface area contributed by atoms with Gasteiger partial charge in [-0.25, -0.2) is 9.97 Å². The number of phenols is 1. The lowest BCUT2D eigenvalue weighted by Crippen LogP contribution is -2.31. The highest BCUT2D eigenvalue weighted by Crippen LogP contribution is 2.38. The summed E-state index contributed by atoms with van der Waals surface area (Å²) in [5, 5.41) is 30.4. The van der Waals surface area contributed by atoms with Gasteiger partial charge in [-0.1, -0.05) is 13.8 Å². The van der Waals surface area contributed by atoms with Crippen LogP contribution in [0.25, 0.3) is 11.3 Å². The molecule has 2 aromatic rings. The maximum Gasteiger partial charge on any atom is 0.220 e. The lowest BCUT2D eigenvalue weighted by atomic mass is 9.80. The van der Waals surface area contributed by atoms with Crippen LogP contribution in [0.5, 0.6) is 5.75 Å². The number of nitrogens with zero attached hydrogens (tertiary/aromatic N) is 4. The highest BCUT2D eigenvalue weighted by molar-refractivity contribution is 5.73. The first-order valence-electron chi connectivity index (χ1n) is 12.2. The molecule has 0 radical (unpaired) electrons. The Kier molecular flexibility index (Phi) is 7.36. The molecule has 2 atom stereocenters. The van der Waals surface area contributed by atoms with Gasteiger partial charge in [0.05, 0.1) is 17.9 Å². The monoisotopic (exact) mass is 455 g/mol. The third kappa shape index (κ3) is 5.39. The van der Waals surface area contributed by atoms with Crippen LogP contribution in [-0.4, -0.2) is 75.1 Å². The van der Waals surface area contributed by atoms with Crippen LogP contribution in [-0.2, 0) is 0 Å². The Bertz CT molecular complexity index is 934. The normalized spacial score (nSPS) is 25.7. The predicted octanol–water partition coefficient (Wildman–Crippen LogP) is 2.59. The van der Waals surface area contributed by atoms with Crippen molar-refractivity contribution in [1.29, 1.82) is 0 Å². The average molecular weight is 456 g/mol. The van der Waals surface area contributed by atoms with Crippen molar-refractivity contribution in [2.75, 3.05) is 43.4 Å². The van der Waals surface area contributed by atoms with Gasteiger partial charge in [-0.3, -0.25) is 0 Å². The number of phenolic OH excluding ortho intramolecular Hbond substituents is 1. The Balaban J connectivity index is 1.52. The van der Waals surface area contributed by atoms with E-state index in [1.54, 1.807) is 12.1 Å². The molecule has 180 valence electrons. The van der Waals surface area contributed by atoms with E-state index in [2.05, 4.69) is 28.7 Å². The standard InChI is InChI=1S/C25H37N5O3/c1-3-29(4-2)13-16-5-7-17(8-6-16)20-12-21(28-25(26)27-20)19-11-18(9-10-22(19)31)30-14-23(32)24(33)15-30/h9-12,16-17,23-24,31-33H,3-8,13-15H2,1-2H3,(H2,26,27,28)/t16?,17?,23-,24-/m0/s1. The number of rotatable bonds is 7. The van der Waals surface area contributed by atoms with Crippen LogP contribution in [0.2, 0.25) is 0 Å². The topological polar surface area (TPSA) is 119 Å². The number of benzene rings is 1. The van der Waals surface area contributed by atoms with Crippen LogP contribution in [0.1, 0.15) is 51.1 Å². The second-order valence-electron chi connectivity index (χ2n) is 9.48. The Morgan fingerprint density at radius 3 is 2.30 bits per heavy atom. The van der Waals surface area contributed by atoms with Crippen molar-refractivity contribution in [2.24, 2.45) is 5.92 Å². The van der Waals surface area contributed by atoms with Gasteiger partial charge in [0.2, 0.25) is 5.95 Å². The van der Waals surface area contributed by atoms with Gasteiger partial charge in [-0.2, -0.15) is 0 Å². The molecule has 1 saturated carbocycles. The summed E-state index contributed by atoms with van der Waals surface area (Å²) in [7, 11) is 0. The number of hydrogen-bond acceptors (Lipinski definition) is 8. The van der Waals surface area contributed by atoms with Crippen LogP contribution < -0.4 is 10.6 Å². The van der Waals surface area contributed by atoms with E-state index in [1.807, 2.05) is 17.0 Å². The minimum atomic E-state index is -0.777. The minimum absolute atomic E-state index is 0.117. The van der Waals surface area contributed by atoms with E-state index in [-0.39, 0.29) is 11.7 Å². The maximum absolute atomic E-state index is 10.6. The Morgan fingerprint density at radius 2 is 1.67 bits per heavy atom. The fourth-order valence-electron chi connectivity index (χ4n) is 5.23. The molecule has 33 heavy (non-hydrogen) atoms. The van der Waals surface area contributed by atoms with Gasteiger partial charge >= 0.3 is 0 Å². The third-order valence-electron chi connectivity index (χ3n) is 7.32. The number of aliphatic hydroxyl groups excluding tert-OH is 2.